The van der Waals surface area contributed by atoms with Gasteiger partial charge in [0.2, 0.25) is 0 Å². The monoisotopic (exact) mass is 448 g/mol. The van der Waals surface area contributed by atoms with Gasteiger partial charge in [-0.15, -0.1) is 0 Å². The summed E-state index contributed by atoms with van der Waals surface area (Å²) in [5, 5.41) is 3.79. The van der Waals surface area contributed by atoms with Crippen molar-refractivity contribution in [3.8, 4) is 0 Å². The summed E-state index contributed by atoms with van der Waals surface area (Å²) in [5.41, 5.74) is 6.53. The van der Waals surface area contributed by atoms with E-state index in [2.05, 4.69) is 87.6 Å². The van der Waals surface area contributed by atoms with Gasteiger partial charge in [-0.2, -0.15) is 0 Å². The van der Waals surface area contributed by atoms with Crippen molar-refractivity contribution in [2.24, 2.45) is 0 Å². The van der Waals surface area contributed by atoms with E-state index in [0.717, 1.165) is 8.45 Å². The molecule has 0 aromatic heterocycles. The van der Waals surface area contributed by atoms with Crippen molar-refractivity contribution in [3.05, 3.63) is 81.2 Å². The molecule has 0 spiro atoms. The van der Waals surface area contributed by atoms with E-state index in [9.17, 15) is 0 Å². The Morgan fingerprint density at radius 2 is 1.13 bits per heavy atom. The zero-order chi connectivity index (χ0) is 20.9. The summed E-state index contributed by atoms with van der Waals surface area (Å²) in [4.78, 5) is 0. The second-order valence-electron chi connectivity index (χ2n) is 10.4. The van der Waals surface area contributed by atoms with Crippen LogP contribution in [0.1, 0.15) is 70.2 Å². The number of allylic oxidation sites excluding steroid dienone is 2. The molecule has 2 atom stereocenters. The van der Waals surface area contributed by atoms with E-state index in [0.29, 0.717) is 0 Å². The van der Waals surface area contributed by atoms with Gasteiger partial charge >= 0.3 is 189 Å². The molecule has 1 saturated heterocycles. The first-order valence-corrected chi connectivity index (χ1v) is 19.2. The third-order valence-corrected chi connectivity index (χ3v) is 22.6. The molecular formula is C28H36SiTi. The van der Waals surface area contributed by atoms with Crippen LogP contribution < -0.4 is 0 Å². The van der Waals surface area contributed by atoms with Crippen LogP contribution in [-0.4, -0.2) is 8.07 Å². The molecule has 2 aromatic carbocycles. The molecule has 30 heavy (non-hydrogen) atoms. The molecule has 1 heterocycles. The Labute approximate surface area is 187 Å². The number of fused-ring (bicyclic) bond motifs is 6. The van der Waals surface area contributed by atoms with Crippen molar-refractivity contribution in [3.63, 3.8) is 0 Å². The van der Waals surface area contributed by atoms with Gasteiger partial charge in [0, 0.05) is 0 Å². The molecule has 5 rings (SSSR count). The molecule has 1 fully saturated rings. The van der Waals surface area contributed by atoms with Gasteiger partial charge in [0.15, 0.2) is 0 Å². The van der Waals surface area contributed by atoms with E-state index in [-0.39, 0.29) is 0 Å². The summed E-state index contributed by atoms with van der Waals surface area (Å²) in [7, 11) is -1.64. The molecule has 0 bridgehead atoms. The Morgan fingerprint density at radius 1 is 0.700 bits per heavy atom. The predicted octanol–water partition coefficient (Wildman–Crippen LogP) is 8.65. The summed E-state index contributed by atoms with van der Waals surface area (Å²) in [6, 6.07) is 18.9. The van der Waals surface area contributed by atoms with Crippen LogP contribution in [-0.2, 0) is 16.6 Å². The van der Waals surface area contributed by atoms with Crippen molar-refractivity contribution in [1.82, 2.24) is 0 Å². The van der Waals surface area contributed by atoms with Gasteiger partial charge in [0.25, 0.3) is 0 Å². The third kappa shape index (κ3) is 2.89. The first-order chi connectivity index (χ1) is 14.5. The minimum atomic E-state index is -2.38. The Bertz CT molecular complexity index is 947. The second-order valence-corrected chi connectivity index (χ2v) is 22.0. The number of rotatable bonds is 6. The fourth-order valence-electron chi connectivity index (χ4n) is 7.02. The molecule has 1 aliphatic heterocycles. The van der Waals surface area contributed by atoms with Crippen molar-refractivity contribution >= 4 is 20.2 Å². The van der Waals surface area contributed by atoms with Crippen LogP contribution in [0.3, 0.4) is 0 Å². The van der Waals surface area contributed by atoms with E-state index in [1.165, 1.54) is 35.1 Å². The fraction of sp³-hybridized carbons (Fsp3) is 0.429. The average molecular weight is 449 g/mol. The summed E-state index contributed by atoms with van der Waals surface area (Å²) in [6.07, 6.45) is 10.9. The minimum absolute atomic E-state index is 0.800. The van der Waals surface area contributed by atoms with Gasteiger partial charge in [-0.05, 0) is 0 Å². The molecule has 2 heteroatoms. The van der Waals surface area contributed by atoms with Crippen LogP contribution >= 0.6 is 0 Å². The maximum atomic E-state index is 2.67. The van der Waals surface area contributed by atoms with Crippen LogP contribution in [0, 0.1) is 0 Å². The van der Waals surface area contributed by atoms with E-state index in [4.69, 9.17) is 0 Å². The van der Waals surface area contributed by atoms with Gasteiger partial charge in [-0.1, -0.05) is 0 Å². The van der Waals surface area contributed by atoms with Crippen LogP contribution in [0.25, 0.3) is 12.2 Å². The van der Waals surface area contributed by atoms with Gasteiger partial charge < -0.3 is 0 Å². The molecule has 0 amide bonds. The molecule has 2 aliphatic carbocycles. The maximum absolute atomic E-state index is 2.67. The van der Waals surface area contributed by atoms with E-state index < -0.39 is 24.7 Å². The second kappa shape index (κ2) is 7.77. The van der Waals surface area contributed by atoms with Gasteiger partial charge in [-0.3, -0.25) is 0 Å². The summed E-state index contributed by atoms with van der Waals surface area (Å²) in [6.45, 7) is 10.1. The van der Waals surface area contributed by atoms with Crippen molar-refractivity contribution < 1.29 is 16.6 Å². The van der Waals surface area contributed by atoms with Crippen molar-refractivity contribution in [1.29, 1.82) is 0 Å². The van der Waals surface area contributed by atoms with Crippen LogP contribution in [0.15, 0.2) is 58.9 Å². The van der Waals surface area contributed by atoms with Crippen LogP contribution in [0.5, 0.6) is 0 Å². The molecule has 0 saturated carbocycles. The van der Waals surface area contributed by atoms with Gasteiger partial charge in [-0.25, -0.2) is 0 Å². The average Bonchev–Trinajstić information content (AvgIpc) is 3.35. The van der Waals surface area contributed by atoms with Crippen molar-refractivity contribution in [2.45, 2.75) is 70.5 Å². The number of unbranched alkanes of at least 4 members (excludes halogenated alkanes) is 2. The molecule has 0 N–H and O–H groups in total. The quantitative estimate of drug-likeness (QED) is 0.388. The zero-order valence-corrected chi connectivity index (χ0v) is 21.7. The Balaban J connectivity index is 1.79. The predicted molar refractivity (Wildman–Crippen MR) is 131 cm³/mol. The normalized spacial score (nSPS) is 24.4. The van der Waals surface area contributed by atoms with E-state index in [1.807, 2.05) is 10.4 Å². The number of hydrogen-bond acceptors (Lipinski definition) is 0. The van der Waals surface area contributed by atoms with E-state index in [1.54, 1.807) is 22.3 Å². The first-order valence-electron chi connectivity index (χ1n) is 12.2. The molecule has 3 aliphatic rings. The standard InChI is InChI=1S/C20H18Si.2C4H9.Ti/c1-21(2,19-11-15-7-3-4-8-16(15)12-19)20-13-17-9-5-6-10-18(17)14-20;2*1-3-4-2;/h3-14H,1-2H3;2*1,3-4H2,2H3;. The SMILES string of the molecule is CCC[CH2][Ti]1([CH2]CCC)[CH]2C(=Cc3ccccc32)[Si](C)(C)C2=Cc3ccccc3[CH]21. The van der Waals surface area contributed by atoms with Crippen molar-refractivity contribution in [2.75, 3.05) is 0 Å². The fourth-order valence-corrected chi connectivity index (χ4v) is 26.7. The number of hydrogen-bond donors (Lipinski definition) is 0. The first kappa shape index (κ1) is 20.7. The Hall–Kier alpha value is -1.15. The Kier molecular flexibility index (Phi) is 5.37. The summed E-state index contributed by atoms with van der Waals surface area (Å²) < 4.78 is 4.67. The van der Waals surface area contributed by atoms with Gasteiger partial charge in [0.1, 0.15) is 0 Å². The summed E-state index contributed by atoms with van der Waals surface area (Å²) >= 11 is -2.38. The number of benzene rings is 2. The summed E-state index contributed by atoms with van der Waals surface area (Å²) in [5.74, 6) is 0. The molecule has 2 aromatic rings. The van der Waals surface area contributed by atoms with E-state index >= 15 is 0 Å². The zero-order valence-electron chi connectivity index (χ0n) is 19.2. The molecule has 156 valence electrons. The van der Waals surface area contributed by atoms with Crippen LogP contribution in [0.4, 0.5) is 0 Å². The molecule has 2 unspecified atom stereocenters. The third-order valence-electron chi connectivity index (χ3n) is 8.44. The topological polar surface area (TPSA) is 0 Å². The van der Waals surface area contributed by atoms with Gasteiger partial charge in [0.05, 0.1) is 0 Å². The molecule has 0 radical (unpaired) electrons. The molecular weight excluding hydrogens is 412 g/mol. The Morgan fingerprint density at radius 3 is 1.57 bits per heavy atom. The molecule has 0 nitrogen and oxygen atoms in total. The van der Waals surface area contributed by atoms with Crippen LogP contribution in [0.2, 0.25) is 22.5 Å².